The zero-order valence-electron chi connectivity index (χ0n) is 10.1. The highest BCUT2D eigenvalue weighted by Gasteiger charge is 2.09. The largest absolute Gasteiger partial charge is 0.309 e. The summed E-state index contributed by atoms with van der Waals surface area (Å²) in [5.74, 6) is 0.289. The number of nitrogens with one attached hydrogen (secondary N) is 1. The number of amides is 1. The van der Waals surface area contributed by atoms with Crippen molar-refractivity contribution in [1.82, 2.24) is 4.98 Å². The van der Waals surface area contributed by atoms with E-state index in [0.29, 0.717) is 20.9 Å². The quantitative estimate of drug-likeness (QED) is 0.810. The lowest BCUT2D eigenvalue weighted by molar-refractivity contribution is -0.113. The van der Waals surface area contributed by atoms with E-state index in [-0.39, 0.29) is 11.7 Å². The highest BCUT2D eigenvalue weighted by Crippen LogP contribution is 2.27. The molecular formula is C13H9Cl3N2OS. The molecule has 3 nitrogen and oxygen atoms in total. The summed E-state index contributed by atoms with van der Waals surface area (Å²) in [6.45, 7) is 0. The topological polar surface area (TPSA) is 42.0 Å². The van der Waals surface area contributed by atoms with Crippen molar-refractivity contribution in [2.45, 2.75) is 4.90 Å². The number of pyridine rings is 1. The monoisotopic (exact) mass is 346 g/mol. The summed E-state index contributed by atoms with van der Waals surface area (Å²) in [4.78, 5) is 16.6. The van der Waals surface area contributed by atoms with E-state index in [1.165, 1.54) is 24.0 Å². The molecule has 0 fully saturated rings. The second-order valence-corrected chi connectivity index (χ2v) is 6.02. The summed E-state index contributed by atoms with van der Waals surface area (Å²) in [7, 11) is 0. The first-order valence-electron chi connectivity index (χ1n) is 5.54. The highest BCUT2D eigenvalue weighted by atomic mass is 35.5. The average Bonchev–Trinajstić information content (AvgIpc) is 2.41. The van der Waals surface area contributed by atoms with Gasteiger partial charge in [-0.15, -0.1) is 11.8 Å². The van der Waals surface area contributed by atoms with Gasteiger partial charge in [-0.1, -0.05) is 46.9 Å². The van der Waals surface area contributed by atoms with Gasteiger partial charge in [-0.3, -0.25) is 4.79 Å². The third-order valence-corrected chi connectivity index (χ3v) is 4.27. The van der Waals surface area contributed by atoms with Gasteiger partial charge in [0.05, 0.1) is 20.8 Å². The Morgan fingerprint density at radius 3 is 2.65 bits per heavy atom. The predicted molar refractivity (Wildman–Crippen MR) is 85.1 cm³/mol. The minimum atomic E-state index is -0.216. The summed E-state index contributed by atoms with van der Waals surface area (Å²) in [5.41, 5.74) is 0. The molecule has 0 spiro atoms. The zero-order valence-corrected chi connectivity index (χ0v) is 13.2. The van der Waals surface area contributed by atoms with E-state index in [9.17, 15) is 4.79 Å². The summed E-state index contributed by atoms with van der Waals surface area (Å²) >= 11 is 19.0. The Hall–Kier alpha value is -0.940. The van der Waals surface area contributed by atoms with E-state index in [1.54, 1.807) is 6.07 Å². The number of aromatic nitrogens is 1. The van der Waals surface area contributed by atoms with E-state index in [4.69, 9.17) is 34.8 Å². The number of hydrogen-bond acceptors (Lipinski definition) is 3. The van der Waals surface area contributed by atoms with Crippen LogP contribution in [0.1, 0.15) is 0 Å². The first-order valence-corrected chi connectivity index (χ1v) is 7.66. The Labute approximate surface area is 135 Å². The smallest absolute Gasteiger partial charge is 0.235 e. The van der Waals surface area contributed by atoms with Crippen LogP contribution in [0.25, 0.3) is 0 Å². The van der Waals surface area contributed by atoms with Crippen molar-refractivity contribution in [1.29, 1.82) is 0 Å². The fourth-order valence-corrected chi connectivity index (χ4v) is 2.85. The molecule has 1 amide bonds. The van der Waals surface area contributed by atoms with Gasteiger partial charge < -0.3 is 5.32 Å². The molecule has 0 saturated carbocycles. The molecule has 2 aromatic rings. The Bertz CT molecular complexity index is 637. The number of benzene rings is 1. The number of hydrogen-bond donors (Lipinski definition) is 1. The molecule has 2 rings (SSSR count). The molecule has 1 heterocycles. The fourth-order valence-electron chi connectivity index (χ4n) is 1.38. The molecule has 0 aliphatic rings. The maximum absolute atomic E-state index is 11.8. The lowest BCUT2D eigenvalue weighted by Crippen LogP contribution is -2.15. The normalized spacial score (nSPS) is 10.3. The predicted octanol–water partition coefficient (Wildman–Crippen LogP) is 4.77. The Kier molecular flexibility index (Phi) is 5.54. The van der Waals surface area contributed by atoms with Crippen LogP contribution in [0.5, 0.6) is 0 Å². The molecule has 1 N–H and O–H groups in total. The molecule has 7 heteroatoms. The molecule has 0 aliphatic heterocycles. The van der Waals surface area contributed by atoms with Crippen LogP contribution in [0.15, 0.2) is 41.4 Å². The second kappa shape index (κ2) is 7.18. The van der Waals surface area contributed by atoms with Crippen LogP contribution < -0.4 is 5.32 Å². The molecule has 20 heavy (non-hydrogen) atoms. The van der Waals surface area contributed by atoms with Gasteiger partial charge in [0.1, 0.15) is 0 Å². The van der Waals surface area contributed by atoms with E-state index >= 15 is 0 Å². The van der Waals surface area contributed by atoms with Crippen molar-refractivity contribution in [2.75, 3.05) is 11.1 Å². The van der Waals surface area contributed by atoms with Crippen LogP contribution in [0.2, 0.25) is 15.1 Å². The number of anilines is 1. The molecule has 0 atom stereocenters. The zero-order chi connectivity index (χ0) is 14.5. The Morgan fingerprint density at radius 2 is 1.95 bits per heavy atom. The number of carbonyl (C=O) groups is 1. The molecule has 1 aromatic carbocycles. The summed E-state index contributed by atoms with van der Waals surface area (Å²) in [6.07, 6.45) is 1.42. The first-order chi connectivity index (χ1) is 9.56. The molecule has 1 aromatic heterocycles. The molecule has 0 aliphatic carbocycles. The van der Waals surface area contributed by atoms with Gasteiger partial charge in [-0.25, -0.2) is 4.98 Å². The van der Waals surface area contributed by atoms with Crippen molar-refractivity contribution in [2.24, 2.45) is 0 Å². The maximum Gasteiger partial charge on any atom is 0.235 e. The molecule has 0 bridgehead atoms. The van der Waals surface area contributed by atoms with Crippen LogP contribution in [0, 0.1) is 0 Å². The van der Waals surface area contributed by atoms with Crippen molar-refractivity contribution in [3.05, 3.63) is 51.6 Å². The maximum atomic E-state index is 11.8. The average molecular weight is 348 g/mol. The number of nitrogens with zero attached hydrogens (tertiary/aromatic N) is 1. The Balaban J connectivity index is 1.94. The van der Waals surface area contributed by atoms with E-state index in [2.05, 4.69) is 10.3 Å². The van der Waals surface area contributed by atoms with E-state index < -0.39 is 0 Å². The van der Waals surface area contributed by atoms with Gasteiger partial charge in [-0.2, -0.15) is 0 Å². The Morgan fingerprint density at radius 1 is 1.20 bits per heavy atom. The van der Waals surface area contributed by atoms with Crippen LogP contribution in [0.4, 0.5) is 5.82 Å². The number of carbonyl (C=O) groups excluding carboxylic acids is 1. The van der Waals surface area contributed by atoms with Crippen molar-refractivity contribution >= 4 is 58.3 Å². The highest BCUT2D eigenvalue weighted by molar-refractivity contribution is 8.00. The standard InChI is InChI=1S/C13H9Cl3N2OS/c14-8-5-10(16)13(17-6-8)18-12(19)7-20-11-4-2-1-3-9(11)15/h1-6H,7H2,(H,17,18,19). The number of halogens is 3. The molecular weight excluding hydrogens is 339 g/mol. The summed E-state index contributed by atoms with van der Waals surface area (Å²) < 4.78 is 0. The second-order valence-electron chi connectivity index (χ2n) is 3.75. The number of thioether (sulfide) groups is 1. The fraction of sp³-hybridized carbons (Fsp3) is 0.0769. The third-order valence-electron chi connectivity index (χ3n) is 2.26. The van der Waals surface area contributed by atoms with E-state index in [1.807, 2.05) is 18.2 Å². The van der Waals surface area contributed by atoms with Gasteiger partial charge in [0.15, 0.2) is 5.82 Å². The number of rotatable bonds is 4. The third kappa shape index (κ3) is 4.28. The first kappa shape index (κ1) is 15.4. The van der Waals surface area contributed by atoms with Gasteiger partial charge in [0.2, 0.25) is 5.91 Å². The van der Waals surface area contributed by atoms with Gasteiger partial charge in [-0.05, 0) is 18.2 Å². The van der Waals surface area contributed by atoms with Crippen LogP contribution in [0.3, 0.4) is 0 Å². The molecule has 104 valence electrons. The molecule has 0 saturated heterocycles. The molecule has 0 radical (unpaired) electrons. The minimum absolute atomic E-state index is 0.213. The lowest BCUT2D eigenvalue weighted by atomic mass is 10.4. The van der Waals surface area contributed by atoms with Crippen molar-refractivity contribution < 1.29 is 4.79 Å². The van der Waals surface area contributed by atoms with Crippen molar-refractivity contribution in [3.63, 3.8) is 0 Å². The summed E-state index contributed by atoms with van der Waals surface area (Å²) in [6, 6.07) is 8.85. The van der Waals surface area contributed by atoms with Crippen LogP contribution in [-0.2, 0) is 4.79 Å². The molecule has 0 unspecified atom stereocenters. The van der Waals surface area contributed by atoms with Gasteiger partial charge >= 0.3 is 0 Å². The summed E-state index contributed by atoms with van der Waals surface area (Å²) in [5, 5.41) is 3.96. The van der Waals surface area contributed by atoms with E-state index in [0.717, 1.165) is 4.90 Å². The minimum Gasteiger partial charge on any atom is -0.309 e. The van der Waals surface area contributed by atoms with Gasteiger partial charge in [0, 0.05) is 11.1 Å². The van der Waals surface area contributed by atoms with Crippen LogP contribution >= 0.6 is 46.6 Å². The lowest BCUT2D eigenvalue weighted by Gasteiger charge is -2.07. The van der Waals surface area contributed by atoms with Gasteiger partial charge in [0.25, 0.3) is 0 Å². The van der Waals surface area contributed by atoms with Crippen molar-refractivity contribution in [3.8, 4) is 0 Å². The SMILES string of the molecule is O=C(CSc1ccccc1Cl)Nc1ncc(Cl)cc1Cl. The van der Waals surface area contributed by atoms with Crippen LogP contribution in [-0.4, -0.2) is 16.6 Å².